The third kappa shape index (κ3) is 8.20. The number of rotatable bonds is 8. The van der Waals surface area contributed by atoms with Gasteiger partial charge in [-0.2, -0.15) is 0 Å². The predicted octanol–water partition coefficient (Wildman–Crippen LogP) is 2.29. The molecule has 1 rings (SSSR count). The first-order valence-corrected chi connectivity index (χ1v) is 7.88. The Labute approximate surface area is 146 Å². The lowest BCUT2D eigenvalue weighted by Gasteiger charge is -2.19. The van der Waals surface area contributed by atoms with E-state index in [2.05, 4.69) is 10.6 Å². The first kappa shape index (κ1) is 20.5. The fourth-order valence-corrected chi connectivity index (χ4v) is 1.80. The molecule has 0 aliphatic heterocycles. The highest BCUT2D eigenvalue weighted by Crippen LogP contribution is 2.28. The molecule has 0 saturated carbocycles. The van der Waals surface area contributed by atoms with E-state index in [0.29, 0.717) is 5.75 Å². The van der Waals surface area contributed by atoms with Gasteiger partial charge in [-0.1, -0.05) is 0 Å². The van der Waals surface area contributed by atoms with Gasteiger partial charge < -0.3 is 25.2 Å². The summed E-state index contributed by atoms with van der Waals surface area (Å²) in [6.07, 6.45) is -1.19. The number of amides is 1. The van der Waals surface area contributed by atoms with Gasteiger partial charge in [0, 0.05) is 18.7 Å². The van der Waals surface area contributed by atoms with Gasteiger partial charge in [-0.3, -0.25) is 10.1 Å². The number of nitrogens with one attached hydrogen (secondary N) is 2. The maximum atomic E-state index is 11.5. The van der Waals surface area contributed by atoms with Crippen LogP contribution < -0.4 is 15.4 Å². The Morgan fingerprint density at radius 3 is 2.64 bits per heavy atom. The molecule has 3 N–H and O–H groups in total. The Morgan fingerprint density at radius 1 is 1.40 bits per heavy atom. The molecule has 25 heavy (non-hydrogen) atoms. The summed E-state index contributed by atoms with van der Waals surface area (Å²) in [5.41, 5.74) is -0.434. The summed E-state index contributed by atoms with van der Waals surface area (Å²) in [5, 5.41) is 25.7. The number of carbonyl (C=O) groups is 1. The summed E-state index contributed by atoms with van der Waals surface area (Å²) in [6, 6.07) is 4.27. The molecular formula is C16H25N3O6. The van der Waals surface area contributed by atoms with E-state index < -0.39 is 22.7 Å². The molecule has 1 aromatic rings. The lowest BCUT2D eigenvalue weighted by Crippen LogP contribution is -2.34. The van der Waals surface area contributed by atoms with Gasteiger partial charge in [-0.05, 0) is 33.8 Å². The van der Waals surface area contributed by atoms with Gasteiger partial charge >= 0.3 is 6.09 Å². The summed E-state index contributed by atoms with van der Waals surface area (Å²) in [5.74, 6) is 0.407. The zero-order valence-electron chi connectivity index (χ0n) is 14.9. The van der Waals surface area contributed by atoms with Crippen LogP contribution in [0.1, 0.15) is 27.7 Å². The first-order chi connectivity index (χ1) is 11.6. The fourth-order valence-electron chi connectivity index (χ4n) is 1.80. The number of hydrogen-bond donors (Lipinski definition) is 3. The molecule has 140 valence electrons. The largest absolute Gasteiger partial charge is 0.492 e. The van der Waals surface area contributed by atoms with Crippen LogP contribution in [0.2, 0.25) is 0 Å². The van der Waals surface area contributed by atoms with Crippen molar-refractivity contribution in [1.82, 2.24) is 5.32 Å². The SMILES string of the molecule is C[C@H](O)CNc1cc(OCCNC(=O)OC(C)(C)C)ccc1[N+](=O)[O-]. The Hall–Kier alpha value is -2.55. The van der Waals surface area contributed by atoms with Crippen molar-refractivity contribution in [3.63, 3.8) is 0 Å². The van der Waals surface area contributed by atoms with E-state index in [-0.39, 0.29) is 31.1 Å². The molecule has 0 aliphatic rings. The van der Waals surface area contributed by atoms with Gasteiger partial charge in [0.2, 0.25) is 0 Å². The second-order valence-electron chi connectivity index (χ2n) is 6.44. The molecule has 1 atom stereocenters. The molecule has 9 nitrogen and oxygen atoms in total. The van der Waals surface area contributed by atoms with Crippen LogP contribution in [0.4, 0.5) is 16.2 Å². The molecule has 0 aliphatic carbocycles. The van der Waals surface area contributed by atoms with Crippen molar-refractivity contribution < 1.29 is 24.3 Å². The maximum absolute atomic E-state index is 11.5. The summed E-state index contributed by atoms with van der Waals surface area (Å²) in [7, 11) is 0. The van der Waals surface area contributed by atoms with E-state index in [0.717, 1.165) is 0 Å². The third-order valence-corrected chi connectivity index (χ3v) is 2.79. The molecule has 0 spiro atoms. The number of hydrogen-bond acceptors (Lipinski definition) is 7. The summed E-state index contributed by atoms with van der Waals surface area (Å²) >= 11 is 0. The highest BCUT2D eigenvalue weighted by molar-refractivity contribution is 5.67. The summed E-state index contributed by atoms with van der Waals surface area (Å²) in [6.45, 7) is 7.44. The number of aliphatic hydroxyl groups excluding tert-OH is 1. The molecule has 0 radical (unpaired) electrons. The highest BCUT2D eigenvalue weighted by atomic mass is 16.6. The highest BCUT2D eigenvalue weighted by Gasteiger charge is 2.16. The number of nitro groups is 1. The minimum Gasteiger partial charge on any atom is -0.492 e. The Balaban J connectivity index is 2.57. The molecule has 0 aromatic heterocycles. The minimum atomic E-state index is -0.651. The van der Waals surface area contributed by atoms with Crippen molar-refractivity contribution in [2.45, 2.75) is 39.4 Å². The van der Waals surface area contributed by atoms with Crippen molar-refractivity contribution in [2.75, 3.05) is 25.0 Å². The number of aliphatic hydroxyl groups is 1. The van der Waals surface area contributed by atoms with Gasteiger partial charge in [0.05, 0.1) is 17.6 Å². The van der Waals surface area contributed by atoms with Gasteiger partial charge in [0.25, 0.3) is 5.69 Å². The van der Waals surface area contributed by atoms with Crippen LogP contribution in [-0.4, -0.2) is 47.5 Å². The molecule has 1 aromatic carbocycles. The molecule has 0 bridgehead atoms. The van der Waals surface area contributed by atoms with Gasteiger partial charge in [-0.15, -0.1) is 0 Å². The van der Waals surface area contributed by atoms with Gasteiger partial charge in [-0.25, -0.2) is 4.79 Å². The molecule has 1 amide bonds. The number of nitrogens with zero attached hydrogens (tertiary/aromatic N) is 1. The number of alkyl carbamates (subject to hydrolysis) is 1. The van der Waals surface area contributed by atoms with Crippen LogP contribution in [0.3, 0.4) is 0 Å². The number of carbonyl (C=O) groups excluding carboxylic acids is 1. The normalized spacial score (nSPS) is 12.2. The monoisotopic (exact) mass is 355 g/mol. The predicted molar refractivity (Wildman–Crippen MR) is 93.0 cm³/mol. The lowest BCUT2D eigenvalue weighted by molar-refractivity contribution is -0.384. The van der Waals surface area contributed by atoms with E-state index in [1.165, 1.54) is 18.2 Å². The average Bonchev–Trinajstić information content (AvgIpc) is 2.47. The van der Waals surface area contributed by atoms with Crippen molar-refractivity contribution >= 4 is 17.5 Å². The first-order valence-electron chi connectivity index (χ1n) is 7.88. The van der Waals surface area contributed by atoms with Crippen LogP contribution in [0, 0.1) is 10.1 Å². The minimum absolute atomic E-state index is 0.111. The average molecular weight is 355 g/mol. The third-order valence-electron chi connectivity index (χ3n) is 2.79. The Kier molecular flexibility index (Phi) is 7.43. The molecule has 0 fully saturated rings. The van der Waals surface area contributed by atoms with E-state index >= 15 is 0 Å². The second-order valence-corrected chi connectivity index (χ2v) is 6.44. The van der Waals surface area contributed by atoms with Crippen LogP contribution in [0.5, 0.6) is 5.75 Å². The Morgan fingerprint density at radius 2 is 2.08 bits per heavy atom. The maximum Gasteiger partial charge on any atom is 0.407 e. The van der Waals surface area contributed by atoms with Gasteiger partial charge in [0.15, 0.2) is 0 Å². The second kappa shape index (κ2) is 9.07. The van der Waals surface area contributed by atoms with E-state index in [1.54, 1.807) is 27.7 Å². The van der Waals surface area contributed by atoms with Crippen molar-refractivity contribution in [2.24, 2.45) is 0 Å². The quantitative estimate of drug-likeness (QED) is 0.371. The molecule has 9 heteroatoms. The van der Waals surface area contributed by atoms with Crippen molar-refractivity contribution in [3.05, 3.63) is 28.3 Å². The topological polar surface area (TPSA) is 123 Å². The van der Waals surface area contributed by atoms with E-state index in [4.69, 9.17) is 9.47 Å². The number of ether oxygens (including phenoxy) is 2. The zero-order valence-corrected chi connectivity index (χ0v) is 14.9. The van der Waals surface area contributed by atoms with Gasteiger partial charge in [0.1, 0.15) is 23.6 Å². The van der Waals surface area contributed by atoms with Crippen LogP contribution >= 0.6 is 0 Å². The molecule has 0 saturated heterocycles. The van der Waals surface area contributed by atoms with Crippen LogP contribution in [0.25, 0.3) is 0 Å². The summed E-state index contributed by atoms with van der Waals surface area (Å²) < 4.78 is 10.6. The molecule has 0 heterocycles. The van der Waals surface area contributed by atoms with Crippen molar-refractivity contribution in [1.29, 1.82) is 0 Å². The molecular weight excluding hydrogens is 330 g/mol. The Bertz CT molecular complexity index is 598. The fraction of sp³-hybridized carbons (Fsp3) is 0.562. The van der Waals surface area contributed by atoms with Crippen LogP contribution in [0.15, 0.2) is 18.2 Å². The van der Waals surface area contributed by atoms with Crippen LogP contribution in [-0.2, 0) is 4.74 Å². The smallest absolute Gasteiger partial charge is 0.407 e. The summed E-state index contributed by atoms with van der Waals surface area (Å²) in [4.78, 5) is 22.0. The zero-order chi connectivity index (χ0) is 19.0. The number of benzene rings is 1. The molecule has 0 unspecified atom stereocenters. The lowest BCUT2D eigenvalue weighted by atomic mass is 10.2. The number of nitro benzene ring substituents is 1. The van der Waals surface area contributed by atoms with E-state index in [9.17, 15) is 20.0 Å². The van der Waals surface area contributed by atoms with E-state index in [1.807, 2.05) is 0 Å². The van der Waals surface area contributed by atoms with Crippen molar-refractivity contribution in [3.8, 4) is 5.75 Å². The standard InChI is InChI=1S/C16H25N3O6/c1-11(20)10-18-13-9-12(5-6-14(13)19(22)23)24-8-7-17-15(21)25-16(2,3)4/h5-6,9,11,18,20H,7-8,10H2,1-4H3,(H,17,21)/t11-/m0/s1. The number of anilines is 1.